The minimum absolute atomic E-state index is 0.500. The summed E-state index contributed by atoms with van der Waals surface area (Å²) in [4.78, 5) is 5.38. The molecule has 20 heavy (non-hydrogen) atoms. The number of aromatic nitrogens is 2. The van der Waals surface area contributed by atoms with Gasteiger partial charge in [-0.25, -0.2) is 0 Å². The maximum absolute atomic E-state index is 5.24. The van der Waals surface area contributed by atoms with E-state index in [1.165, 1.54) is 5.56 Å². The molecule has 0 amide bonds. The number of halogens is 1. The van der Waals surface area contributed by atoms with Gasteiger partial charge in [0, 0.05) is 10.2 Å². The van der Waals surface area contributed by atoms with Crippen LogP contribution in [0.3, 0.4) is 0 Å². The van der Waals surface area contributed by atoms with Crippen molar-refractivity contribution in [3.8, 4) is 10.7 Å². The van der Waals surface area contributed by atoms with Crippen LogP contribution in [-0.2, 0) is 6.54 Å². The van der Waals surface area contributed by atoms with Gasteiger partial charge in [0.15, 0.2) is 0 Å². The minimum atomic E-state index is 0.500. The molecule has 1 aromatic carbocycles. The SMILES string of the molecule is Cc1ccc(NCc2nc(-c3cccs3)no2)c(Br)c1. The first-order chi connectivity index (χ1) is 9.72. The second-order valence-electron chi connectivity index (χ2n) is 4.33. The fraction of sp³-hybridized carbons (Fsp3) is 0.143. The molecule has 0 aliphatic rings. The van der Waals surface area contributed by atoms with Crippen LogP contribution in [0, 0.1) is 6.92 Å². The Balaban J connectivity index is 1.70. The lowest BCUT2D eigenvalue weighted by Crippen LogP contribution is -2.00. The summed E-state index contributed by atoms with van der Waals surface area (Å²) in [5, 5.41) is 9.25. The molecule has 0 saturated heterocycles. The Hall–Kier alpha value is -1.66. The van der Waals surface area contributed by atoms with Crippen LogP contribution in [0.4, 0.5) is 5.69 Å². The van der Waals surface area contributed by atoms with Crippen molar-refractivity contribution in [3.63, 3.8) is 0 Å². The molecule has 3 aromatic rings. The van der Waals surface area contributed by atoms with E-state index in [-0.39, 0.29) is 0 Å². The van der Waals surface area contributed by atoms with Crippen LogP contribution in [-0.4, -0.2) is 10.1 Å². The van der Waals surface area contributed by atoms with Crippen molar-refractivity contribution in [3.05, 3.63) is 51.6 Å². The lowest BCUT2D eigenvalue weighted by atomic mass is 10.2. The maximum atomic E-state index is 5.24. The van der Waals surface area contributed by atoms with Crippen molar-refractivity contribution in [2.45, 2.75) is 13.5 Å². The topological polar surface area (TPSA) is 51.0 Å². The molecule has 0 fully saturated rings. The molecule has 3 rings (SSSR count). The van der Waals surface area contributed by atoms with Gasteiger partial charge in [-0.3, -0.25) is 0 Å². The molecular formula is C14H12BrN3OS. The summed E-state index contributed by atoms with van der Waals surface area (Å²) in [5.74, 6) is 1.21. The highest BCUT2D eigenvalue weighted by molar-refractivity contribution is 9.10. The molecular weight excluding hydrogens is 338 g/mol. The van der Waals surface area contributed by atoms with E-state index in [0.29, 0.717) is 18.3 Å². The molecule has 0 saturated carbocycles. The number of aryl methyl sites for hydroxylation is 1. The third-order valence-corrected chi connectivity index (χ3v) is 4.29. The van der Waals surface area contributed by atoms with Crippen LogP contribution in [0.25, 0.3) is 10.7 Å². The highest BCUT2D eigenvalue weighted by Gasteiger charge is 2.09. The van der Waals surface area contributed by atoms with Crippen molar-refractivity contribution in [2.75, 3.05) is 5.32 Å². The molecule has 0 aliphatic heterocycles. The number of hydrogen-bond donors (Lipinski definition) is 1. The van der Waals surface area contributed by atoms with Gasteiger partial charge in [0.25, 0.3) is 0 Å². The number of rotatable bonds is 4. The Kier molecular flexibility index (Phi) is 3.84. The van der Waals surface area contributed by atoms with Crippen molar-refractivity contribution in [1.82, 2.24) is 10.1 Å². The second kappa shape index (κ2) is 5.76. The zero-order chi connectivity index (χ0) is 13.9. The van der Waals surface area contributed by atoms with Gasteiger partial charge in [-0.05, 0) is 52.0 Å². The van der Waals surface area contributed by atoms with Gasteiger partial charge in [-0.1, -0.05) is 17.3 Å². The Morgan fingerprint density at radius 1 is 1.35 bits per heavy atom. The van der Waals surface area contributed by atoms with Gasteiger partial charge in [-0.2, -0.15) is 4.98 Å². The van der Waals surface area contributed by atoms with Gasteiger partial charge in [0.1, 0.15) is 0 Å². The lowest BCUT2D eigenvalue weighted by molar-refractivity contribution is 0.384. The predicted octanol–water partition coefficient (Wildman–Crippen LogP) is 4.48. The monoisotopic (exact) mass is 349 g/mol. The van der Waals surface area contributed by atoms with Crippen molar-refractivity contribution in [2.24, 2.45) is 0 Å². The van der Waals surface area contributed by atoms with Gasteiger partial charge < -0.3 is 9.84 Å². The average Bonchev–Trinajstić information content (AvgIpc) is 3.08. The summed E-state index contributed by atoms with van der Waals surface area (Å²) in [5.41, 5.74) is 2.21. The standard InChI is InChI=1S/C14H12BrN3OS/c1-9-4-5-11(10(15)7-9)16-8-13-17-14(18-19-13)12-3-2-6-20-12/h2-7,16H,8H2,1H3. The summed E-state index contributed by atoms with van der Waals surface area (Å²) < 4.78 is 6.27. The average molecular weight is 350 g/mol. The number of nitrogens with zero attached hydrogens (tertiary/aromatic N) is 2. The Morgan fingerprint density at radius 2 is 2.25 bits per heavy atom. The number of benzene rings is 1. The second-order valence-corrected chi connectivity index (χ2v) is 6.13. The van der Waals surface area contributed by atoms with Crippen molar-refractivity contribution >= 4 is 33.0 Å². The molecule has 0 bridgehead atoms. The number of hydrogen-bond acceptors (Lipinski definition) is 5. The van der Waals surface area contributed by atoms with Crippen molar-refractivity contribution < 1.29 is 4.52 Å². The van der Waals surface area contributed by atoms with E-state index in [0.717, 1.165) is 15.0 Å². The van der Waals surface area contributed by atoms with E-state index >= 15 is 0 Å². The number of thiophene rings is 1. The Morgan fingerprint density at radius 3 is 3.00 bits per heavy atom. The number of nitrogens with one attached hydrogen (secondary N) is 1. The molecule has 0 radical (unpaired) electrons. The summed E-state index contributed by atoms with van der Waals surface area (Å²) in [6.07, 6.45) is 0. The first-order valence-corrected chi connectivity index (χ1v) is 7.76. The molecule has 0 unspecified atom stereocenters. The first-order valence-electron chi connectivity index (χ1n) is 6.09. The van der Waals surface area contributed by atoms with Crippen LogP contribution in [0.2, 0.25) is 0 Å². The normalized spacial score (nSPS) is 10.7. The highest BCUT2D eigenvalue weighted by Crippen LogP contribution is 2.24. The molecule has 0 aliphatic carbocycles. The third kappa shape index (κ3) is 2.91. The lowest BCUT2D eigenvalue weighted by Gasteiger charge is -2.06. The van der Waals surface area contributed by atoms with E-state index in [2.05, 4.69) is 50.4 Å². The smallest absolute Gasteiger partial charge is 0.246 e. The fourth-order valence-corrected chi connectivity index (χ4v) is 3.05. The maximum Gasteiger partial charge on any atom is 0.246 e. The molecule has 2 heterocycles. The molecule has 0 atom stereocenters. The van der Waals surface area contributed by atoms with Crippen LogP contribution >= 0.6 is 27.3 Å². The molecule has 6 heteroatoms. The number of anilines is 1. The van der Waals surface area contributed by atoms with Crippen molar-refractivity contribution in [1.29, 1.82) is 0 Å². The quantitative estimate of drug-likeness (QED) is 0.754. The van der Waals surface area contributed by atoms with E-state index in [1.807, 2.05) is 23.6 Å². The third-order valence-electron chi connectivity index (χ3n) is 2.76. The van der Waals surface area contributed by atoms with E-state index < -0.39 is 0 Å². The molecule has 4 nitrogen and oxygen atoms in total. The van der Waals surface area contributed by atoms with E-state index in [4.69, 9.17) is 4.52 Å². The van der Waals surface area contributed by atoms with E-state index in [9.17, 15) is 0 Å². The Bertz CT molecular complexity index is 709. The van der Waals surface area contributed by atoms with Gasteiger partial charge in [0.2, 0.25) is 11.7 Å². The molecule has 102 valence electrons. The van der Waals surface area contributed by atoms with Gasteiger partial charge in [0.05, 0.1) is 11.4 Å². The fourth-order valence-electron chi connectivity index (χ4n) is 1.77. The molecule has 0 spiro atoms. The zero-order valence-electron chi connectivity index (χ0n) is 10.8. The largest absolute Gasteiger partial charge is 0.375 e. The van der Waals surface area contributed by atoms with Gasteiger partial charge >= 0.3 is 0 Å². The Labute approximate surface area is 129 Å². The minimum Gasteiger partial charge on any atom is -0.375 e. The summed E-state index contributed by atoms with van der Waals surface area (Å²) in [6, 6.07) is 10.1. The summed E-state index contributed by atoms with van der Waals surface area (Å²) in [6.45, 7) is 2.56. The van der Waals surface area contributed by atoms with Crippen LogP contribution in [0.15, 0.2) is 44.7 Å². The summed E-state index contributed by atoms with van der Waals surface area (Å²) in [7, 11) is 0. The van der Waals surface area contributed by atoms with Crippen LogP contribution in [0.5, 0.6) is 0 Å². The van der Waals surface area contributed by atoms with Gasteiger partial charge in [-0.15, -0.1) is 11.3 Å². The first kappa shape index (κ1) is 13.3. The molecule has 1 N–H and O–H groups in total. The van der Waals surface area contributed by atoms with E-state index in [1.54, 1.807) is 11.3 Å². The molecule has 2 aromatic heterocycles. The van der Waals surface area contributed by atoms with Crippen LogP contribution in [0.1, 0.15) is 11.5 Å². The predicted molar refractivity (Wildman–Crippen MR) is 83.8 cm³/mol. The highest BCUT2D eigenvalue weighted by atomic mass is 79.9. The summed E-state index contributed by atoms with van der Waals surface area (Å²) >= 11 is 5.12. The van der Waals surface area contributed by atoms with Crippen LogP contribution < -0.4 is 5.32 Å². The zero-order valence-corrected chi connectivity index (χ0v) is 13.2.